The van der Waals surface area contributed by atoms with Gasteiger partial charge in [-0.25, -0.2) is 0 Å². The monoisotopic (exact) mass is 487 g/mol. The van der Waals surface area contributed by atoms with Crippen molar-refractivity contribution in [2.24, 2.45) is 5.73 Å². The molecule has 0 saturated heterocycles. The number of ether oxygens (including phenoxy) is 2. The first-order chi connectivity index (χ1) is 16.3. The van der Waals surface area contributed by atoms with E-state index in [1.165, 1.54) is 19.1 Å². The molecule has 0 spiro atoms. The fourth-order valence-electron chi connectivity index (χ4n) is 3.21. The number of nitrogens with one attached hydrogen (secondary N) is 1. The topological polar surface area (TPSA) is 163 Å². The zero-order valence-corrected chi connectivity index (χ0v) is 19.7. The Bertz CT molecular complexity index is 1170. The van der Waals surface area contributed by atoms with E-state index in [-0.39, 0.29) is 35.2 Å². The van der Waals surface area contributed by atoms with Crippen LogP contribution >= 0.6 is 11.5 Å². The van der Waals surface area contributed by atoms with Crippen LogP contribution in [0.2, 0.25) is 0 Å². The van der Waals surface area contributed by atoms with Gasteiger partial charge in [0.25, 0.3) is 17.7 Å². The lowest BCUT2D eigenvalue weighted by Crippen LogP contribution is -2.44. The number of rotatable bonds is 10. The number of nitrogens with zero attached hydrogens (tertiary/aromatic N) is 2. The van der Waals surface area contributed by atoms with Crippen LogP contribution in [-0.4, -0.2) is 49.5 Å². The number of carbonyl (C=O) groups excluding carboxylic acids is 3. The number of nitrogens with two attached hydrogens (primary N) is 2. The molecule has 0 aliphatic carbocycles. The average molecular weight is 488 g/mol. The van der Waals surface area contributed by atoms with Gasteiger partial charge in [0, 0.05) is 19.3 Å². The Balaban J connectivity index is 2.14. The molecule has 0 fully saturated rings. The van der Waals surface area contributed by atoms with Crippen LogP contribution in [0.4, 0.5) is 11.4 Å². The number of carbonyl (C=O) groups is 3. The second-order valence-electron chi connectivity index (χ2n) is 7.15. The third kappa shape index (κ3) is 5.18. The molecule has 1 unspecified atom stereocenters. The number of amides is 3. The van der Waals surface area contributed by atoms with E-state index in [0.717, 1.165) is 11.5 Å². The van der Waals surface area contributed by atoms with Gasteiger partial charge < -0.3 is 30.7 Å². The molecule has 11 nitrogen and oxygen atoms in total. The number of hydrogen-bond donors (Lipinski definition) is 3. The maximum Gasteiger partial charge on any atom is 0.273 e. The highest BCUT2D eigenvalue weighted by Gasteiger charge is 2.37. The van der Waals surface area contributed by atoms with Gasteiger partial charge in [0.2, 0.25) is 0 Å². The maximum absolute atomic E-state index is 13.8. The van der Waals surface area contributed by atoms with E-state index in [9.17, 15) is 14.4 Å². The van der Waals surface area contributed by atoms with Crippen LogP contribution in [0, 0.1) is 6.92 Å². The first kappa shape index (κ1) is 24.7. The summed E-state index contributed by atoms with van der Waals surface area (Å²) in [6.45, 7) is 2.21. The van der Waals surface area contributed by atoms with Crippen LogP contribution in [0.5, 0.6) is 5.75 Å². The van der Waals surface area contributed by atoms with Crippen LogP contribution in [0.3, 0.4) is 0 Å². The van der Waals surface area contributed by atoms with Gasteiger partial charge in [-0.05, 0) is 54.9 Å². The predicted molar refractivity (Wildman–Crippen MR) is 126 cm³/mol. The smallest absolute Gasteiger partial charge is 0.273 e. The van der Waals surface area contributed by atoms with E-state index < -0.39 is 23.8 Å². The fraction of sp³-hybridized carbons (Fsp3) is 0.273. The molecule has 0 radical (unpaired) electrons. The van der Waals surface area contributed by atoms with Crippen molar-refractivity contribution < 1.29 is 28.3 Å². The quantitative estimate of drug-likeness (QED) is 0.365. The maximum atomic E-state index is 13.8. The number of hydrogen-bond acceptors (Lipinski definition) is 9. The van der Waals surface area contributed by atoms with Crippen molar-refractivity contribution in [2.75, 3.05) is 38.0 Å². The molecule has 0 aliphatic heterocycles. The van der Waals surface area contributed by atoms with Crippen LogP contribution in [-0.2, 0) is 9.53 Å². The van der Waals surface area contributed by atoms with Crippen molar-refractivity contribution in [3.63, 3.8) is 0 Å². The van der Waals surface area contributed by atoms with Gasteiger partial charge in [-0.15, -0.1) is 0 Å². The Hall–Kier alpha value is -3.90. The van der Waals surface area contributed by atoms with E-state index >= 15 is 0 Å². The number of furan rings is 1. The van der Waals surface area contributed by atoms with Crippen LogP contribution in [0.1, 0.15) is 37.7 Å². The number of aromatic nitrogens is 1. The zero-order valence-electron chi connectivity index (χ0n) is 18.9. The van der Waals surface area contributed by atoms with E-state index in [4.69, 9.17) is 25.4 Å². The summed E-state index contributed by atoms with van der Waals surface area (Å²) in [7, 11) is 3.02. The largest absolute Gasteiger partial charge is 0.497 e. The Morgan fingerprint density at radius 3 is 2.41 bits per heavy atom. The molecule has 3 rings (SSSR count). The third-order valence-corrected chi connectivity index (χ3v) is 5.72. The number of anilines is 2. The fourth-order valence-corrected chi connectivity index (χ4v) is 3.95. The zero-order chi connectivity index (χ0) is 24.8. The molecule has 12 heteroatoms. The van der Waals surface area contributed by atoms with Gasteiger partial charge in [0.15, 0.2) is 11.7 Å². The van der Waals surface area contributed by atoms with Crippen molar-refractivity contribution in [2.45, 2.75) is 13.0 Å². The molecule has 1 atom stereocenters. The lowest BCUT2D eigenvalue weighted by Gasteiger charge is -2.29. The van der Waals surface area contributed by atoms with Gasteiger partial charge in [-0.3, -0.25) is 19.3 Å². The number of aryl methyl sites for hydroxylation is 1. The summed E-state index contributed by atoms with van der Waals surface area (Å²) in [6, 6.07) is 8.63. The van der Waals surface area contributed by atoms with Crippen LogP contribution < -0.4 is 26.4 Å². The first-order valence-electron chi connectivity index (χ1n) is 10.1. The first-order valence-corrected chi connectivity index (χ1v) is 10.9. The molecule has 0 aliphatic rings. The summed E-state index contributed by atoms with van der Waals surface area (Å²) in [5, 5.41) is 2.75. The lowest BCUT2D eigenvalue weighted by atomic mass is 10.1. The summed E-state index contributed by atoms with van der Waals surface area (Å²) < 4.78 is 19.9. The summed E-state index contributed by atoms with van der Waals surface area (Å²) >= 11 is 0.720. The summed E-state index contributed by atoms with van der Waals surface area (Å²) in [6.07, 6.45) is 0. The van der Waals surface area contributed by atoms with Crippen molar-refractivity contribution in [3.8, 4) is 5.75 Å². The van der Waals surface area contributed by atoms with Gasteiger partial charge in [0.1, 0.15) is 22.1 Å². The molecule has 5 N–H and O–H groups in total. The SMILES string of the molecule is COCCNC(=O)C(c1ccc(C)o1)N(C(=O)c1snc(C(N)=O)c1N)c1ccc(OC)cc1. The second kappa shape index (κ2) is 10.8. The molecule has 2 heterocycles. The molecule has 0 saturated carbocycles. The lowest BCUT2D eigenvalue weighted by molar-refractivity contribution is -0.123. The van der Waals surface area contributed by atoms with Crippen molar-refractivity contribution in [1.82, 2.24) is 9.69 Å². The van der Waals surface area contributed by atoms with E-state index in [0.29, 0.717) is 17.2 Å². The highest BCUT2D eigenvalue weighted by atomic mass is 32.1. The van der Waals surface area contributed by atoms with Crippen LogP contribution in [0.15, 0.2) is 40.8 Å². The van der Waals surface area contributed by atoms with Gasteiger partial charge in [-0.1, -0.05) is 0 Å². The van der Waals surface area contributed by atoms with Crippen molar-refractivity contribution >= 4 is 40.6 Å². The summed E-state index contributed by atoms with van der Waals surface area (Å²) in [5.74, 6) is -0.684. The van der Waals surface area contributed by atoms with Gasteiger partial charge in [0.05, 0.1) is 19.4 Å². The second-order valence-corrected chi connectivity index (χ2v) is 7.92. The molecule has 3 aromatic rings. The molecule has 34 heavy (non-hydrogen) atoms. The molecular weight excluding hydrogens is 462 g/mol. The van der Waals surface area contributed by atoms with Gasteiger partial charge in [-0.2, -0.15) is 4.37 Å². The number of methoxy groups -OCH3 is 2. The Morgan fingerprint density at radius 1 is 1.18 bits per heavy atom. The molecule has 180 valence electrons. The normalized spacial score (nSPS) is 11.6. The number of benzene rings is 1. The Morgan fingerprint density at radius 2 is 1.88 bits per heavy atom. The molecule has 2 aromatic heterocycles. The van der Waals surface area contributed by atoms with E-state index in [1.807, 2.05) is 0 Å². The molecule has 0 bridgehead atoms. The predicted octanol–water partition coefficient (Wildman–Crippen LogP) is 1.88. The molecule has 1 aromatic carbocycles. The average Bonchev–Trinajstić information content (AvgIpc) is 3.42. The Kier molecular flexibility index (Phi) is 7.87. The van der Waals surface area contributed by atoms with Crippen LogP contribution in [0.25, 0.3) is 0 Å². The minimum atomic E-state index is -1.20. The van der Waals surface area contributed by atoms with Crippen molar-refractivity contribution in [1.29, 1.82) is 0 Å². The van der Waals surface area contributed by atoms with Crippen molar-refractivity contribution in [3.05, 3.63) is 58.5 Å². The highest BCUT2D eigenvalue weighted by molar-refractivity contribution is 7.09. The number of primary amides is 1. The summed E-state index contributed by atoms with van der Waals surface area (Å²) in [5.41, 5.74) is 11.3. The molecular formula is C22H25N5O6S. The Labute approximate surface area is 199 Å². The highest BCUT2D eigenvalue weighted by Crippen LogP contribution is 2.34. The minimum absolute atomic E-state index is 0.0393. The van der Waals surface area contributed by atoms with Gasteiger partial charge >= 0.3 is 0 Å². The van der Waals surface area contributed by atoms with E-state index in [1.54, 1.807) is 43.3 Å². The third-order valence-electron chi connectivity index (χ3n) is 4.87. The molecule has 3 amide bonds. The minimum Gasteiger partial charge on any atom is -0.497 e. The standard InChI is InChI=1S/C22H25N5O6S/c1-12-4-9-15(33-12)18(21(29)25-10-11-31-2)27(13-5-7-14(32-3)8-6-13)22(30)19-16(23)17(20(24)28)26-34-19/h4-9,18H,10-11,23H2,1-3H3,(H2,24,28)(H,25,29). The van der Waals surface area contributed by atoms with E-state index in [2.05, 4.69) is 9.69 Å². The number of nitrogen functional groups attached to an aromatic ring is 1. The summed E-state index contributed by atoms with van der Waals surface area (Å²) in [4.78, 5) is 40.0.